The van der Waals surface area contributed by atoms with Crippen LogP contribution in [0.15, 0.2) is 48.5 Å². The van der Waals surface area contributed by atoms with Gasteiger partial charge in [-0.3, -0.25) is 4.90 Å². The molecule has 1 heterocycles. The van der Waals surface area contributed by atoms with Crippen LogP contribution in [0.4, 0.5) is 0 Å². The fourth-order valence-corrected chi connectivity index (χ4v) is 6.14. The topological polar surface area (TPSA) is 52.7 Å². The number of nitrogens with zero attached hydrogens (tertiary/aromatic N) is 2. The van der Waals surface area contributed by atoms with Gasteiger partial charge in [0.05, 0.1) is 5.75 Å². The summed E-state index contributed by atoms with van der Waals surface area (Å²) in [5.41, 5.74) is 3.78. The summed E-state index contributed by atoms with van der Waals surface area (Å²) < 4.78 is 26.6. The van der Waals surface area contributed by atoms with Gasteiger partial charge in [0.1, 0.15) is 0 Å². The number of hydrogen-bond acceptors (Lipinski definition) is 4. The molecule has 1 aliphatic heterocycles. The van der Waals surface area contributed by atoms with Crippen molar-refractivity contribution in [3.8, 4) is 11.1 Å². The minimum absolute atomic E-state index is 0. The second kappa shape index (κ2) is 14.8. The smallest absolute Gasteiger partial charge is 0.211 e. The van der Waals surface area contributed by atoms with Gasteiger partial charge < -0.3 is 4.90 Å². The van der Waals surface area contributed by atoms with Crippen molar-refractivity contribution >= 4 is 46.4 Å². The highest BCUT2D eigenvalue weighted by molar-refractivity contribution is 7.89. The third-order valence-electron chi connectivity index (χ3n) is 6.57. The summed E-state index contributed by atoms with van der Waals surface area (Å²) in [6, 6.07) is 16.9. The predicted octanol–water partition coefficient (Wildman–Crippen LogP) is 5.61. The Kier molecular flexibility index (Phi) is 12.8. The zero-order valence-electron chi connectivity index (χ0n) is 20.2. The van der Waals surface area contributed by atoms with E-state index in [0.29, 0.717) is 0 Å². The second-order valence-corrected chi connectivity index (χ2v) is 11.7. The number of benzene rings is 2. The average Bonchev–Trinajstić information content (AvgIpc) is 3.61. The summed E-state index contributed by atoms with van der Waals surface area (Å²) in [7, 11) is -3.05. The van der Waals surface area contributed by atoms with Crippen LogP contribution in [0, 0.1) is 0 Å². The third-order valence-corrected chi connectivity index (χ3v) is 8.33. The molecule has 0 spiro atoms. The van der Waals surface area contributed by atoms with Crippen LogP contribution < -0.4 is 4.72 Å². The zero-order valence-corrected chi connectivity index (χ0v) is 23.4. The van der Waals surface area contributed by atoms with E-state index in [-0.39, 0.29) is 36.6 Å². The molecule has 1 N–H and O–H groups in total. The molecule has 2 aromatic rings. The first-order valence-electron chi connectivity index (χ1n) is 12.3. The van der Waals surface area contributed by atoms with Crippen molar-refractivity contribution < 1.29 is 8.42 Å². The van der Waals surface area contributed by atoms with Gasteiger partial charge in [-0.15, -0.1) is 24.8 Å². The summed E-state index contributed by atoms with van der Waals surface area (Å²) in [5.74, 6) is 0.277. The number of nitrogens with one attached hydrogen (secondary N) is 1. The van der Waals surface area contributed by atoms with Crippen LogP contribution in [-0.4, -0.2) is 62.7 Å². The Balaban J connectivity index is 0.00000216. The van der Waals surface area contributed by atoms with Gasteiger partial charge in [0.15, 0.2) is 0 Å². The predicted molar refractivity (Wildman–Crippen MR) is 152 cm³/mol. The Morgan fingerprint density at radius 2 is 1.54 bits per heavy atom. The van der Waals surface area contributed by atoms with Gasteiger partial charge in [-0.25, -0.2) is 13.1 Å². The summed E-state index contributed by atoms with van der Waals surface area (Å²) in [4.78, 5) is 5.09. The Bertz CT molecular complexity index is 1010. The fraction of sp³-hybridized carbons (Fsp3) is 0.538. The number of unbranched alkanes of at least 4 members (excludes halogenated alkanes) is 3. The molecule has 9 heteroatoms. The van der Waals surface area contributed by atoms with Gasteiger partial charge in [0.2, 0.25) is 10.0 Å². The lowest BCUT2D eigenvalue weighted by atomic mass is 9.99. The van der Waals surface area contributed by atoms with Gasteiger partial charge in [0, 0.05) is 43.8 Å². The van der Waals surface area contributed by atoms with E-state index in [0.717, 1.165) is 82.8 Å². The molecule has 0 unspecified atom stereocenters. The zero-order chi connectivity index (χ0) is 23.1. The van der Waals surface area contributed by atoms with E-state index in [1.165, 1.54) is 16.7 Å². The summed E-state index contributed by atoms with van der Waals surface area (Å²) >= 11 is 6.22. The number of hydrogen-bond donors (Lipinski definition) is 1. The molecule has 4 rings (SSSR count). The molecule has 1 aliphatic carbocycles. The fourth-order valence-electron chi connectivity index (χ4n) is 4.50. The van der Waals surface area contributed by atoms with Crippen molar-refractivity contribution in [2.24, 2.45) is 0 Å². The molecule has 0 amide bonds. The molecule has 2 fully saturated rings. The maximum absolute atomic E-state index is 11.9. The number of halogens is 3. The van der Waals surface area contributed by atoms with E-state index < -0.39 is 10.0 Å². The van der Waals surface area contributed by atoms with E-state index in [1.54, 1.807) is 0 Å². The molecule has 0 aromatic heterocycles. The molecule has 35 heavy (non-hydrogen) atoms. The molecule has 1 saturated heterocycles. The lowest BCUT2D eigenvalue weighted by Crippen LogP contribution is -2.46. The molecule has 5 nitrogen and oxygen atoms in total. The van der Waals surface area contributed by atoms with Gasteiger partial charge >= 0.3 is 0 Å². The van der Waals surface area contributed by atoms with Gasteiger partial charge in [0.25, 0.3) is 0 Å². The molecule has 2 aromatic carbocycles. The summed E-state index contributed by atoms with van der Waals surface area (Å²) in [5, 5.41) is 0.771. The number of rotatable bonds is 12. The molecule has 0 radical (unpaired) electrons. The maximum Gasteiger partial charge on any atom is 0.211 e. The van der Waals surface area contributed by atoms with Crippen LogP contribution in [-0.2, 0) is 16.6 Å². The van der Waals surface area contributed by atoms with E-state index in [4.69, 9.17) is 11.6 Å². The van der Waals surface area contributed by atoms with Crippen LogP contribution in [0.3, 0.4) is 0 Å². The van der Waals surface area contributed by atoms with Crippen molar-refractivity contribution in [3.05, 3.63) is 59.1 Å². The van der Waals surface area contributed by atoms with Gasteiger partial charge in [-0.2, -0.15) is 0 Å². The van der Waals surface area contributed by atoms with Gasteiger partial charge in [-0.1, -0.05) is 60.8 Å². The van der Waals surface area contributed by atoms with E-state index in [1.807, 2.05) is 18.2 Å². The Hall–Kier alpha value is -0.860. The molecular formula is C26H38Cl3N3O2S. The monoisotopic (exact) mass is 561 g/mol. The number of piperazine rings is 1. The first-order valence-corrected chi connectivity index (χ1v) is 14.3. The van der Waals surface area contributed by atoms with E-state index >= 15 is 0 Å². The molecular weight excluding hydrogens is 525 g/mol. The van der Waals surface area contributed by atoms with Crippen molar-refractivity contribution in [1.82, 2.24) is 14.5 Å². The Morgan fingerprint density at radius 1 is 0.857 bits per heavy atom. The minimum Gasteiger partial charge on any atom is -0.301 e. The standard InChI is InChI=1S/C26H36ClN3O2S.2ClH/c27-24-10-7-9-22(20-24)26-11-4-3-8-23(26)21-30-17-15-29(16-18-30)14-5-1-2-6-19-33(31,32)28-25-12-13-25;;/h3-4,7-11,20,25,28H,1-2,5-6,12-19,21H2;2*1H. The SMILES string of the molecule is Cl.Cl.O=S(=O)(CCCCCCN1CCN(Cc2ccccc2-c2cccc(Cl)c2)CC1)NC1CC1. The lowest BCUT2D eigenvalue weighted by molar-refractivity contribution is 0.125. The Morgan fingerprint density at radius 3 is 2.26 bits per heavy atom. The lowest BCUT2D eigenvalue weighted by Gasteiger charge is -2.35. The molecule has 2 aliphatic rings. The molecule has 196 valence electrons. The van der Waals surface area contributed by atoms with Crippen molar-refractivity contribution in [1.29, 1.82) is 0 Å². The minimum atomic E-state index is -3.05. The van der Waals surface area contributed by atoms with E-state index in [2.05, 4.69) is 44.9 Å². The summed E-state index contributed by atoms with van der Waals surface area (Å²) in [6.45, 7) is 6.42. The largest absolute Gasteiger partial charge is 0.301 e. The van der Waals surface area contributed by atoms with Crippen LogP contribution >= 0.6 is 36.4 Å². The highest BCUT2D eigenvalue weighted by Gasteiger charge is 2.26. The van der Waals surface area contributed by atoms with Crippen LogP contribution in [0.2, 0.25) is 5.02 Å². The highest BCUT2D eigenvalue weighted by atomic mass is 35.5. The van der Waals surface area contributed by atoms with Crippen LogP contribution in [0.5, 0.6) is 0 Å². The molecule has 1 saturated carbocycles. The first-order chi connectivity index (χ1) is 16.0. The Labute approximate surface area is 228 Å². The summed E-state index contributed by atoms with van der Waals surface area (Å²) in [6.07, 6.45) is 6.01. The van der Waals surface area contributed by atoms with Crippen LogP contribution in [0.1, 0.15) is 44.1 Å². The third kappa shape index (κ3) is 10.2. The number of sulfonamides is 1. The quantitative estimate of drug-likeness (QED) is 0.342. The van der Waals surface area contributed by atoms with Crippen LogP contribution in [0.25, 0.3) is 11.1 Å². The van der Waals surface area contributed by atoms with Crippen molar-refractivity contribution in [3.63, 3.8) is 0 Å². The molecule has 0 bridgehead atoms. The van der Waals surface area contributed by atoms with Crippen molar-refractivity contribution in [2.45, 2.75) is 51.1 Å². The molecule has 0 atom stereocenters. The normalized spacial score (nSPS) is 16.9. The average molecular weight is 563 g/mol. The first kappa shape index (κ1) is 30.4. The van der Waals surface area contributed by atoms with E-state index in [9.17, 15) is 8.42 Å². The van der Waals surface area contributed by atoms with Gasteiger partial charge in [-0.05, 0) is 61.1 Å². The second-order valence-electron chi connectivity index (χ2n) is 9.41. The maximum atomic E-state index is 11.9. The van der Waals surface area contributed by atoms with Crippen molar-refractivity contribution in [2.75, 3.05) is 38.5 Å². The highest BCUT2D eigenvalue weighted by Crippen LogP contribution is 2.27.